The van der Waals surface area contributed by atoms with Crippen LogP contribution in [0.1, 0.15) is 51.9 Å². The van der Waals surface area contributed by atoms with Gasteiger partial charge in [-0.1, -0.05) is 25.7 Å². The van der Waals surface area contributed by atoms with Crippen LogP contribution in [0.25, 0.3) is 0 Å². The molecule has 0 aromatic carbocycles. The lowest BCUT2D eigenvalue weighted by atomic mass is 9.66. The molecule has 2 aliphatic carbocycles. The van der Waals surface area contributed by atoms with E-state index >= 15 is 0 Å². The van der Waals surface area contributed by atoms with E-state index in [0.29, 0.717) is 0 Å². The summed E-state index contributed by atoms with van der Waals surface area (Å²) in [5.74, 6) is 3.14. The van der Waals surface area contributed by atoms with Gasteiger partial charge in [0.25, 0.3) is 0 Å². The normalized spacial score (nSPS) is 40.3. The van der Waals surface area contributed by atoms with Gasteiger partial charge in [-0.15, -0.1) is 0 Å². The Kier molecular flexibility index (Phi) is 3.48. The van der Waals surface area contributed by atoms with Crippen molar-refractivity contribution in [3.05, 3.63) is 0 Å². The zero-order valence-corrected chi connectivity index (χ0v) is 9.76. The highest BCUT2D eigenvalue weighted by molar-refractivity contribution is 4.86. The first-order valence-corrected chi connectivity index (χ1v) is 6.48. The summed E-state index contributed by atoms with van der Waals surface area (Å²) < 4.78 is 0. The van der Waals surface area contributed by atoms with Crippen molar-refractivity contribution in [2.24, 2.45) is 17.8 Å². The van der Waals surface area contributed by atoms with Gasteiger partial charge in [-0.25, -0.2) is 0 Å². The Bertz CT molecular complexity index is 178. The largest absolute Gasteiger partial charge is 0.317 e. The summed E-state index contributed by atoms with van der Waals surface area (Å²) in [6.45, 7) is 2.35. The van der Waals surface area contributed by atoms with Crippen LogP contribution in [-0.2, 0) is 0 Å². The highest BCUT2D eigenvalue weighted by Crippen LogP contribution is 2.43. The van der Waals surface area contributed by atoms with E-state index in [1.807, 2.05) is 0 Å². The van der Waals surface area contributed by atoms with Crippen molar-refractivity contribution in [3.8, 4) is 0 Å². The Morgan fingerprint density at radius 2 is 1.71 bits per heavy atom. The van der Waals surface area contributed by atoms with Crippen molar-refractivity contribution >= 4 is 0 Å². The van der Waals surface area contributed by atoms with Crippen LogP contribution >= 0.6 is 0 Å². The van der Waals surface area contributed by atoms with Crippen LogP contribution in [-0.4, -0.2) is 13.1 Å². The Morgan fingerprint density at radius 3 is 2.43 bits per heavy atom. The van der Waals surface area contributed by atoms with Crippen LogP contribution < -0.4 is 5.32 Å². The maximum atomic E-state index is 3.43. The molecule has 1 heteroatoms. The van der Waals surface area contributed by atoms with Crippen LogP contribution in [0.2, 0.25) is 0 Å². The summed E-state index contributed by atoms with van der Waals surface area (Å²) in [6, 6.07) is 0.734. The van der Waals surface area contributed by atoms with E-state index in [2.05, 4.69) is 19.3 Å². The van der Waals surface area contributed by atoms with E-state index in [-0.39, 0.29) is 0 Å². The topological polar surface area (TPSA) is 12.0 Å². The predicted molar refractivity (Wildman–Crippen MR) is 61.3 cm³/mol. The molecular formula is C13H25N. The van der Waals surface area contributed by atoms with Crippen LogP contribution in [0.5, 0.6) is 0 Å². The second kappa shape index (κ2) is 4.65. The summed E-state index contributed by atoms with van der Waals surface area (Å²) in [7, 11) is 2.11. The first kappa shape index (κ1) is 10.5. The van der Waals surface area contributed by atoms with Crippen molar-refractivity contribution in [2.75, 3.05) is 7.05 Å². The molecule has 0 amide bonds. The zero-order chi connectivity index (χ0) is 9.97. The molecule has 0 radical (unpaired) electrons. The molecule has 2 saturated carbocycles. The summed E-state index contributed by atoms with van der Waals surface area (Å²) in [4.78, 5) is 0. The second-order valence-electron chi connectivity index (χ2n) is 5.46. The first-order valence-electron chi connectivity index (χ1n) is 6.48. The highest BCUT2D eigenvalue weighted by Gasteiger charge is 2.33. The van der Waals surface area contributed by atoms with Crippen molar-refractivity contribution in [3.63, 3.8) is 0 Å². The molecular weight excluding hydrogens is 170 g/mol. The average Bonchev–Trinajstić information content (AvgIpc) is 2.27. The monoisotopic (exact) mass is 195 g/mol. The minimum Gasteiger partial charge on any atom is -0.317 e. The van der Waals surface area contributed by atoms with Crippen LogP contribution in [0, 0.1) is 17.8 Å². The van der Waals surface area contributed by atoms with E-state index in [0.717, 1.165) is 23.8 Å². The fourth-order valence-electron chi connectivity index (χ4n) is 3.60. The quantitative estimate of drug-likeness (QED) is 0.713. The van der Waals surface area contributed by atoms with Gasteiger partial charge in [-0.3, -0.25) is 0 Å². The number of hydrogen-bond donors (Lipinski definition) is 1. The third-order valence-electron chi connectivity index (χ3n) is 4.74. The predicted octanol–water partition coefficient (Wildman–Crippen LogP) is 3.20. The van der Waals surface area contributed by atoms with Gasteiger partial charge in [0.2, 0.25) is 0 Å². The molecule has 2 aliphatic rings. The van der Waals surface area contributed by atoms with E-state index < -0.39 is 0 Å². The van der Waals surface area contributed by atoms with Gasteiger partial charge in [-0.2, -0.15) is 0 Å². The fraction of sp³-hybridized carbons (Fsp3) is 1.00. The molecule has 2 fully saturated rings. The Balaban J connectivity index is 1.89. The molecule has 0 aromatic heterocycles. The third-order valence-corrected chi connectivity index (χ3v) is 4.74. The molecule has 0 spiro atoms. The van der Waals surface area contributed by atoms with E-state index in [1.165, 1.54) is 44.9 Å². The molecule has 1 nitrogen and oxygen atoms in total. The number of nitrogens with one attached hydrogen (secondary N) is 1. The lowest BCUT2D eigenvalue weighted by Gasteiger charge is -2.41. The van der Waals surface area contributed by atoms with Crippen molar-refractivity contribution in [1.29, 1.82) is 0 Å². The summed E-state index contributed by atoms with van der Waals surface area (Å²) >= 11 is 0. The Labute approximate surface area is 88.7 Å². The van der Waals surface area contributed by atoms with Crippen LogP contribution in [0.4, 0.5) is 0 Å². The summed E-state index contributed by atoms with van der Waals surface area (Å²) in [5, 5.41) is 3.43. The van der Waals surface area contributed by atoms with Gasteiger partial charge in [0.05, 0.1) is 0 Å². The molecule has 0 heterocycles. The van der Waals surface area contributed by atoms with E-state index in [1.54, 1.807) is 0 Å². The van der Waals surface area contributed by atoms with Crippen LogP contribution in [0.15, 0.2) is 0 Å². The maximum Gasteiger partial charge on any atom is 0.00641 e. The van der Waals surface area contributed by atoms with Gasteiger partial charge < -0.3 is 5.32 Å². The Morgan fingerprint density at radius 1 is 1.00 bits per heavy atom. The lowest BCUT2D eigenvalue weighted by molar-refractivity contribution is 0.114. The molecule has 0 bridgehead atoms. The molecule has 4 atom stereocenters. The van der Waals surface area contributed by atoms with Crippen molar-refractivity contribution < 1.29 is 0 Å². The van der Waals surface area contributed by atoms with Crippen LogP contribution in [0.3, 0.4) is 0 Å². The van der Waals surface area contributed by atoms with E-state index in [9.17, 15) is 0 Å². The van der Waals surface area contributed by atoms with Gasteiger partial charge >= 0.3 is 0 Å². The molecule has 82 valence electrons. The molecule has 4 unspecified atom stereocenters. The number of rotatable bonds is 2. The smallest absolute Gasteiger partial charge is 0.00641 e. The van der Waals surface area contributed by atoms with Crippen molar-refractivity contribution in [2.45, 2.75) is 57.9 Å². The SMILES string of the molecule is CNC(C)C1CCC2CCCCC2C1. The second-order valence-corrected chi connectivity index (χ2v) is 5.46. The van der Waals surface area contributed by atoms with Crippen molar-refractivity contribution in [1.82, 2.24) is 5.32 Å². The summed E-state index contributed by atoms with van der Waals surface area (Å²) in [5.41, 5.74) is 0. The molecule has 0 aromatic rings. The molecule has 14 heavy (non-hydrogen) atoms. The summed E-state index contributed by atoms with van der Waals surface area (Å²) in [6.07, 6.45) is 10.6. The van der Waals surface area contributed by atoms with E-state index in [4.69, 9.17) is 0 Å². The lowest BCUT2D eigenvalue weighted by Crippen LogP contribution is -2.37. The van der Waals surface area contributed by atoms with Gasteiger partial charge in [0, 0.05) is 6.04 Å². The number of fused-ring (bicyclic) bond motifs is 1. The van der Waals surface area contributed by atoms with Gasteiger partial charge in [0.1, 0.15) is 0 Å². The first-order chi connectivity index (χ1) is 6.81. The molecule has 0 aliphatic heterocycles. The minimum atomic E-state index is 0.734. The standard InChI is InChI=1S/C13H25N/c1-10(14-2)12-8-7-11-5-3-4-6-13(11)9-12/h10-14H,3-9H2,1-2H3. The maximum absolute atomic E-state index is 3.43. The third kappa shape index (κ3) is 2.13. The number of hydrogen-bond acceptors (Lipinski definition) is 1. The Hall–Kier alpha value is -0.0400. The molecule has 2 rings (SSSR count). The molecule has 1 N–H and O–H groups in total. The minimum absolute atomic E-state index is 0.734. The highest BCUT2D eigenvalue weighted by atomic mass is 14.9. The van der Waals surface area contributed by atoms with Gasteiger partial charge in [0.15, 0.2) is 0 Å². The van der Waals surface area contributed by atoms with Gasteiger partial charge in [-0.05, 0) is 51.0 Å². The zero-order valence-electron chi connectivity index (χ0n) is 9.76. The average molecular weight is 195 g/mol. The molecule has 0 saturated heterocycles. The fourth-order valence-corrected chi connectivity index (χ4v) is 3.60.